The van der Waals surface area contributed by atoms with E-state index in [0.29, 0.717) is 0 Å². The highest BCUT2D eigenvalue weighted by molar-refractivity contribution is 7.89. The molecule has 0 aliphatic carbocycles. The molecule has 0 saturated heterocycles. The Morgan fingerprint density at radius 1 is 1.29 bits per heavy atom. The Hall–Kier alpha value is -0.950. The molecular weight excluding hydrogens is 242 g/mol. The van der Waals surface area contributed by atoms with Crippen LogP contribution in [0.1, 0.15) is 13.8 Å². The zero-order valence-corrected chi connectivity index (χ0v) is 10.6. The van der Waals surface area contributed by atoms with Crippen LogP contribution in [-0.2, 0) is 10.0 Å². The quantitative estimate of drug-likeness (QED) is 0.700. The van der Waals surface area contributed by atoms with Gasteiger partial charge in [0.1, 0.15) is 0 Å². The van der Waals surface area contributed by atoms with Crippen molar-refractivity contribution in [2.75, 3.05) is 6.61 Å². The summed E-state index contributed by atoms with van der Waals surface area (Å²) in [6.45, 7) is 2.39. The fourth-order valence-electron chi connectivity index (χ4n) is 1.26. The molecule has 0 saturated carbocycles. The Labute approximate surface area is 101 Å². The zero-order chi connectivity index (χ0) is 13.1. The molecule has 0 radical (unpaired) electrons. The number of nitrogens with one attached hydrogen (secondary N) is 1. The molecule has 0 heterocycles. The molecular formula is C11H17NO4S. The molecule has 0 bridgehead atoms. The van der Waals surface area contributed by atoms with Gasteiger partial charge in [-0.2, -0.15) is 0 Å². The fraction of sp³-hybridized carbons (Fsp3) is 0.455. The predicted octanol–water partition coefficient (Wildman–Crippen LogP) is 0.0967. The van der Waals surface area contributed by atoms with Gasteiger partial charge in [-0.05, 0) is 26.0 Å². The first kappa shape index (κ1) is 14.1. The molecule has 0 fully saturated rings. The summed E-state index contributed by atoms with van der Waals surface area (Å²) < 4.78 is 26.1. The minimum Gasteiger partial charge on any atom is -0.395 e. The van der Waals surface area contributed by atoms with Crippen molar-refractivity contribution >= 4 is 10.0 Å². The van der Waals surface area contributed by atoms with Crippen molar-refractivity contribution in [3.63, 3.8) is 0 Å². The van der Waals surface area contributed by atoms with Crippen molar-refractivity contribution < 1.29 is 18.6 Å². The van der Waals surface area contributed by atoms with Gasteiger partial charge in [0.05, 0.1) is 23.1 Å². The predicted molar refractivity (Wildman–Crippen MR) is 63.9 cm³/mol. The first-order chi connectivity index (χ1) is 7.77. The highest BCUT2D eigenvalue weighted by Gasteiger charge is 2.30. The number of benzene rings is 1. The first-order valence-corrected chi connectivity index (χ1v) is 6.66. The summed E-state index contributed by atoms with van der Waals surface area (Å²) in [5.74, 6) is 0. The Kier molecular flexibility index (Phi) is 4.26. The molecule has 1 rings (SSSR count). The van der Waals surface area contributed by atoms with Gasteiger partial charge in [-0.25, -0.2) is 13.1 Å². The van der Waals surface area contributed by atoms with Gasteiger partial charge in [0.15, 0.2) is 0 Å². The van der Waals surface area contributed by atoms with E-state index in [1.54, 1.807) is 18.2 Å². The molecule has 3 N–H and O–H groups in total. The van der Waals surface area contributed by atoms with Gasteiger partial charge >= 0.3 is 0 Å². The number of sulfonamides is 1. The second-order valence-electron chi connectivity index (χ2n) is 4.32. The number of hydrogen-bond donors (Lipinski definition) is 3. The molecule has 17 heavy (non-hydrogen) atoms. The Balaban J connectivity index is 2.95. The highest BCUT2D eigenvalue weighted by atomic mass is 32.2. The largest absolute Gasteiger partial charge is 0.395 e. The van der Waals surface area contributed by atoms with Crippen molar-refractivity contribution in [1.29, 1.82) is 0 Å². The lowest BCUT2D eigenvalue weighted by Crippen LogP contribution is -2.51. The molecule has 6 heteroatoms. The van der Waals surface area contributed by atoms with E-state index in [1.165, 1.54) is 26.0 Å². The van der Waals surface area contributed by atoms with Crippen LogP contribution >= 0.6 is 0 Å². The molecule has 0 spiro atoms. The highest BCUT2D eigenvalue weighted by Crippen LogP contribution is 2.13. The smallest absolute Gasteiger partial charge is 0.240 e. The van der Waals surface area contributed by atoms with Gasteiger partial charge in [0.25, 0.3) is 0 Å². The van der Waals surface area contributed by atoms with Crippen molar-refractivity contribution in [2.45, 2.75) is 30.4 Å². The zero-order valence-electron chi connectivity index (χ0n) is 9.79. The maximum atomic E-state index is 11.9. The first-order valence-electron chi connectivity index (χ1n) is 5.18. The van der Waals surface area contributed by atoms with Gasteiger partial charge in [0.2, 0.25) is 10.0 Å². The topological polar surface area (TPSA) is 86.6 Å². The minimum atomic E-state index is -3.72. The van der Waals surface area contributed by atoms with Gasteiger partial charge in [0, 0.05) is 0 Å². The molecule has 0 aliphatic rings. The molecule has 5 nitrogen and oxygen atoms in total. The van der Waals surface area contributed by atoms with E-state index in [2.05, 4.69) is 4.72 Å². The average Bonchev–Trinajstić information content (AvgIpc) is 2.25. The molecule has 0 aliphatic heterocycles. The third kappa shape index (κ3) is 3.78. The van der Waals surface area contributed by atoms with E-state index >= 15 is 0 Å². The summed E-state index contributed by atoms with van der Waals surface area (Å²) in [4.78, 5) is 0.0997. The second kappa shape index (κ2) is 5.14. The Morgan fingerprint density at radius 3 is 2.24 bits per heavy atom. The second-order valence-corrected chi connectivity index (χ2v) is 6.04. The molecule has 96 valence electrons. The average molecular weight is 259 g/mol. The lowest BCUT2D eigenvalue weighted by atomic mass is 10.0. The maximum absolute atomic E-state index is 11.9. The third-order valence-electron chi connectivity index (χ3n) is 2.39. The molecule has 0 unspecified atom stereocenters. The van der Waals surface area contributed by atoms with Crippen LogP contribution in [0.2, 0.25) is 0 Å². The van der Waals surface area contributed by atoms with Crippen molar-refractivity contribution in [1.82, 2.24) is 4.72 Å². The van der Waals surface area contributed by atoms with Crippen molar-refractivity contribution in [3.8, 4) is 0 Å². The maximum Gasteiger partial charge on any atom is 0.240 e. The van der Waals surface area contributed by atoms with Crippen LogP contribution in [0.25, 0.3) is 0 Å². The molecule has 1 aromatic carbocycles. The molecule has 0 amide bonds. The Morgan fingerprint density at radius 2 is 1.82 bits per heavy atom. The number of aliphatic hydroxyl groups is 2. The van der Waals surface area contributed by atoms with Crippen LogP contribution in [0, 0.1) is 0 Å². The minimum absolute atomic E-state index is 0.0997. The van der Waals surface area contributed by atoms with Gasteiger partial charge < -0.3 is 10.2 Å². The van der Waals surface area contributed by atoms with E-state index in [-0.39, 0.29) is 4.90 Å². The van der Waals surface area contributed by atoms with Gasteiger partial charge in [-0.1, -0.05) is 18.2 Å². The van der Waals surface area contributed by atoms with E-state index in [0.717, 1.165) is 0 Å². The normalized spacial score (nSPS) is 14.6. The van der Waals surface area contributed by atoms with Crippen LogP contribution in [-0.4, -0.2) is 36.9 Å². The van der Waals surface area contributed by atoms with Crippen LogP contribution in [0.3, 0.4) is 0 Å². The van der Waals surface area contributed by atoms with Crippen LogP contribution in [0.15, 0.2) is 35.2 Å². The van der Waals surface area contributed by atoms with Crippen LogP contribution < -0.4 is 4.72 Å². The summed E-state index contributed by atoms with van der Waals surface area (Å²) in [5, 5.41) is 18.8. The van der Waals surface area contributed by atoms with Crippen molar-refractivity contribution in [3.05, 3.63) is 30.3 Å². The lowest BCUT2D eigenvalue weighted by Gasteiger charge is -2.28. The van der Waals surface area contributed by atoms with E-state index < -0.39 is 28.3 Å². The van der Waals surface area contributed by atoms with E-state index in [4.69, 9.17) is 5.11 Å². The number of aliphatic hydroxyl groups excluding tert-OH is 1. The standard InChI is InChI=1S/C11H17NO4S/c1-11(2,14)10(8-13)12-17(15,16)9-6-4-3-5-7-9/h3-7,10,12-14H,8H2,1-2H3/t10-/m0/s1. The SMILES string of the molecule is CC(C)(O)[C@H](CO)NS(=O)(=O)c1ccccc1. The molecule has 1 atom stereocenters. The van der Waals surface area contributed by atoms with Crippen molar-refractivity contribution in [2.24, 2.45) is 0 Å². The number of hydrogen-bond acceptors (Lipinski definition) is 4. The van der Waals surface area contributed by atoms with Gasteiger partial charge in [-0.3, -0.25) is 0 Å². The third-order valence-corrected chi connectivity index (χ3v) is 3.87. The van der Waals surface area contributed by atoms with E-state index in [1.807, 2.05) is 0 Å². The summed E-state index contributed by atoms with van der Waals surface area (Å²) in [7, 11) is -3.72. The lowest BCUT2D eigenvalue weighted by molar-refractivity contribution is 0.0236. The van der Waals surface area contributed by atoms with Crippen LogP contribution in [0.5, 0.6) is 0 Å². The fourth-order valence-corrected chi connectivity index (χ4v) is 2.65. The molecule has 1 aromatic rings. The van der Waals surface area contributed by atoms with Crippen LogP contribution in [0.4, 0.5) is 0 Å². The Bertz CT molecular complexity index is 450. The summed E-state index contributed by atoms with van der Waals surface area (Å²) in [6, 6.07) is 6.85. The monoisotopic (exact) mass is 259 g/mol. The van der Waals surface area contributed by atoms with Gasteiger partial charge in [-0.15, -0.1) is 0 Å². The summed E-state index contributed by atoms with van der Waals surface area (Å²) in [5.41, 5.74) is -1.34. The summed E-state index contributed by atoms with van der Waals surface area (Å²) in [6.07, 6.45) is 0. The number of rotatable bonds is 5. The summed E-state index contributed by atoms with van der Waals surface area (Å²) >= 11 is 0. The molecule has 0 aromatic heterocycles. The van der Waals surface area contributed by atoms with E-state index in [9.17, 15) is 13.5 Å².